The number of benzene rings is 3. The van der Waals surface area contributed by atoms with E-state index in [1.54, 1.807) is 55.3 Å². The molecule has 0 saturated heterocycles. The van der Waals surface area contributed by atoms with Crippen molar-refractivity contribution in [2.45, 2.75) is 20.8 Å². The summed E-state index contributed by atoms with van der Waals surface area (Å²) in [6.45, 7) is 5.08. The van der Waals surface area contributed by atoms with Crippen LogP contribution in [0.1, 0.15) is 16.7 Å². The molecule has 0 atom stereocenters. The minimum absolute atomic E-state index is 0.310. The molecule has 0 bridgehead atoms. The molecule has 30 heavy (non-hydrogen) atoms. The topological polar surface area (TPSA) is 49.8 Å². The normalized spacial score (nSPS) is 10.7. The maximum absolute atomic E-state index is 15.6. The van der Waals surface area contributed by atoms with E-state index < -0.39 is 24.2 Å². The van der Waals surface area contributed by atoms with Crippen molar-refractivity contribution in [3.8, 4) is 16.9 Å². The number of nitrogens with zero attached hydrogens (tertiary/aromatic N) is 1. The van der Waals surface area contributed by atoms with Gasteiger partial charge in [-0.2, -0.15) is 0 Å². The average molecular weight is 411 g/mol. The SMILES string of the molecule is Cc1cc(-c2cccc(F)c2)c(F)c(N(C)c2c(C)ccc(OCC(=O)O)c2C)c1. The molecule has 0 aliphatic carbocycles. The lowest BCUT2D eigenvalue weighted by atomic mass is 10.00. The summed E-state index contributed by atoms with van der Waals surface area (Å²) in [5.41, 5.74) is 4.22. The fraction of sp³-hybridized carbons (Fsp3) is 0.208. The van der Waals surface area contributed by atoms with E-state index in [4.69, 9.17) is 9.84 Å². The minimum Gasteiger partial charge on any atom is -0.482 e. The van der Waals surface area contributed by atoms with Gasteiger partial charge in [-0.3, -0.25) is 0 Å². The van der Waals surface area contributed by atoms with E-state index in [1.165, 1.54) is 12.1 Å². The molecule has 3 aromatic carbocycles. The lowest BCUT2D eigenvalue weighted by molar-refractivity contribution is -0.139. The van der Waals surface area contributed by atoms with Gasteiger partial charge in [0.05, 0.1) is 11.4 Å². The highest BCUT2D eigenvalue weighted by molar-refractivity contribution is 5.77. The molecule has 3 aromatic rings. The van der Waals surface area contributed by atoms with Crippen LogP contribution >= 0.6 is 0 Å². The van der Waals surface area contributed by atoms with Crippen LogP contribution < -0.4 is 9.64 Å². The molecule has 0 aliphatic heterocycles. The zero-order valence-corrected chi connectivity index (χ0v) is 17.3. The highest BCUT2D eigenvalue weighted by Gasteiger charge is 2.20. The van der Waals surface area contributed by atoms with E-state index in [0.717, 1.165) is 11.1 Å². The Labute approximate surface area is 174 Å². The molecular weight excluding hydrogens is 388 g/mol. The number of carboxylic acids is 1. The molecule has 0 aromatic heterocycles. The summed E-state index contributed by atoms with van der Waals surface area (Å²) in [6.07, 6.45) is 0. The van der Waals surface area contributed by atoms with Crippen molar-refractivity contribution in [2.75, 3.05) is 18.6 Å². The second kappa shape index (κ2) is 8.53. The van der Waals surface area contributed by atoms with Crippen molar-refractivity contribution in [2.24, 2.45) is 0 Å². The average Bonchev–Trinajstić information content (AvgIpc) is 2.68. The Morgan fingerprint density at radius 1 is 1.07 bits per heavy atom. The van der Waals surface area contributed by atoms with Crippen molar-refractivity contribution in [3.63, 3.8) is 0 Å². The molecule has 0 spiro atoms. The predicted octanol–water partition coefficient (Wildman–Crippen LogP) is 5.79. The summed E-state index contributed by atoms with van der Waals surface area (Å²) < 4.78 is 34.6. The molecule has 156 valence electrons. The van der Waals surface area contributed by atoms with Crippen molar-refractivity contribution in [3.05, 3.63) is 76.9 Å². The van der Waals surface area contributed by atoms with Crippen LogP contribution in [0.3, 0.4) is 0 Å². The second-order valence-electron chi connectivity index (χ2n) is 7.25. The number of ether oxygens (including phenoxy) is 1. The number of carboxylic acid groups (broad SMARTS) is 1. The maximum Gasteiger partial charge on any atom is 0.341 e. The summed E-state index contributed by atoms with van der Waals surface area (Å²) in [5, 5.41) is 8.89. The van der Waals surface area contributed by atoms with Gasteiger partial charge in [0.2, 0.25) is 0 Å². The first kappa shape index (κ1) is 21.3. The van der Waals surface area contributed by atoms with Gasteiger partial charge in [0, 0.05) is 18.2 Å². The molecule has 0 saturated carbocycles. The van der Waals surface area contributed by atoms with Gasteiger partial charge in [0.15, 0.2) is 12.4 Å². The highest BCUT2D eigenvalue weighted by Crippen LogP contribution is 2.39. The summed E-state index contributed by atoms with van der Waals surface area (Å²) >= 11 is 0. The first-order valence-electron chi connectivity index (χ1n) is 9.43. The molecule has 0 aliphatic rings. The van der Waals surface area contributed by atoms with Crippen molar-refractivity contribution in [1.82, 2.24) is 0 Å². The number of carbonyl (C=O) groups is 1. The summed E-state index contributed by atoms with van der Waals surface area (Å²) in [5.74, 6) is -1.56. The first-order chi connectivity index (χ1) is 14.2. The van der Waals surface area contributed by atoms with Crippen molar-refractivity contribution in [1.29, 1.82) is 0 Å². The van der Waals surface area contributed by atoms with E-state index in [-0.39, 0.29) is 0 Å². The molecule has 0 radical (unpaired) electrons. The largest absolute Gasteiger partial charge is 0.482 e. The lowest BCUT2D eigenvalue weighted by Crippen LogP contribution is -2.16. The van der Waals surface area contributed by atoms with Crippen LogP contribution in [0.25, 0.3) is 11.1 Å². The smallest absolute Gasteiger partial charge is 0.341 e. The number of anilines is 2. The molecule has 6 heteroatoms. The Bertz CT molecular complexity index is 1110. The van der Waals surface area contributed by atoms with Crippen LogP contribution in [0.4, 0.5) is 20.2 Å². The van der Waals surface area contributed by atoms with Crippen molar-refractivity contribution < 1.29 is 23.4 Å². The van der Waals surface area contributed by atoms with Gasteiger partial charge in [-0.15, -0.1) is 0 Å². The standard InChI is InChI=1S/C24H23F2NO3/c1-14-10-19(17-6-5-7-18(25)12-17)23(26)20(11-14)27(4)24-15(2)8-9-21(16(24)3)30-13-22(28)29/h5-12H,13H2,1-4H3,(H,28,29). The van der Waals surface area contributed by atoms with E-state index in [2.05, 4.69) is 0 Å². The van der Waals surface area contributed by atoms with Crippen LogP contribution in [0.15, 0.2) is 48.5 Å². The zero-order valence-electron chi connectivity index (χ0n) is 17.3. The van der Waals surface area contributed by atoms with Gasteiger partial charge >= 0.3 is 5.97 Å². The summed E-state index contributed by atoms with van der Waals surface area (Å²) in [6, 6.07) is 12.8. The minimum atomic E-state index is -1.07. The summed E-state index contributed by atoms with van der Waals surface area (Å²) in [7, 11) is 1.74. The number of halogens is 2. The molecule has 1 N–H and O–H groups in total. The Kier molecular flexibility index (Phi) is 6.06. The fourth-order valence-electron chi connectivity index (χ4n) is 3.61. The van der Waals surface area contributed by atoms with Gasteiger partial charge in [-0.25, -0.2) is 13.6 Å². The Morgan fingerprint density at radius 2 is 1.80 bits per heavy atom. The molecule has 3 rings (SSSR count). The van der Waals surface area contributed by atoms with Crippen molar-refractivity contribution >= 4 is 17.3 Å². The second-order valence-corrected chi connectivity index (χ2v) is 7.25. The van der Waals surface area contributed by atoms with Crippen LogP contribution in [0.2, 0.25) is 0 Å². The van der Waals surface area contributed by atoms with Crippen LogP contribution in [-0.2, 0) is 4.79 Å². The zero-order chi connectivity index (χ0) is 22.0. The van der Waals surface area contributed by atoms with Gasteiger partial charge in [0.25, 0.3) is 0 Å². The fourth-order valence-corrected chi connectivity index (χ4v) is 3.61. The number of aryl methyl sites for hydroxylation is 2. The molecular formula is C24H23F2NO3. The van der Waals surface area contributed by atoms with Crippen LogP contribution in [-0.4, -0.2) is 24.7 Å². The Hall–Kier alpha value is -3.41. The summed E-state index contributed by atoms with van der Waals surface area (Å²) in [4.78, 5) is 12.6. The third-order valence-electron chi connectivity index (χ3n) is 4.96. The Balaban J connectivity index is 2.11. The van der Waals surface area contributed by atoms with Gasteiger partial charge in [-0.05, 0) is 67.8 Å². The third kappa shape index (κ3) is 4.27. The van der Waals surface area contributed by atoms with Gasteiger partial charge in [0.1, 0.15) is 11.6 Å². The Morgan fingerprint density at radius 3 is 2.47 bits per heavy atom. The van der Waals surface area contributed by atoms with E-state index >= 15 is 4.39 Å². The molecule has 0 fully saturated rings. The highest BCUT2D eigenvalue weighted by atomic mass is 19.1. The number of hydrogen-bond acceptors (Lipinski definition) is 3. The lowest BCUT2D eigenvalue weighted by Gasteiger charge is -2.26. The number of rotatable bonds is 6. The molecule has 0 unspecified atom stereocenters. The molecule has 0 amide bonds. The number of hydrogen-bond donors (Lipinski definition) is 1. The van der Waals surface area contributed by atoms with Crippen LogP contribution in [0.5, 0.6) is 5.75 Å². The van der Waals surface area contributed by atoms with E-state index in [1.807, 2.05) is 13.8 Å². The van der Waals surface area contributed by atoms with Gasteiger partial charge in [-0.1, -0.05) is 18.2 Å². The first-order valence-corrected chi connectivity index (χ1v) is 9.43. The molecule has 4 nitrogen and oxygen atoms in total. The third-order valence-corrected chi connectivity index (χ3v) is 4.96. The monoisotopic (exact) mass is 411 g/mol. The maximum atomic E-state index is 15.6. The number of aliphatic carboxylic acids is 1. The predicted molar refractivity (Wildman–Crippen MR) is 114 cm³/mol. The van der Waals surface area contributed by atoms with E-state index in [9.17, 15) is 9.18 Å². The molecule has 0 heterocycles. The van der Waals surface area contributed by atoms with Gasteiger partial charge < -0.3 is 14.7 Å². The van der Waals surface area contributed by atoms with Crippen LogP contribution in [0, 0.1) is 32.4 Å². The quantitative estimate of drug-likeness (QED) is 0.558. The van der Waals surface area contributed by atoms with E-state index in [0.29, 0.717) is 33.8 Å².